The van der Waals surface area contributed by atoms with Crippen LogP contribution in [0.3, 0.4) is 0 Å². The Morgan fingerprint density at radius 3 is 2.62 bits per heavy atom. The minimum absolute atomic E-state index is 0.0996. The molecule has 1 heterocycles. The Balaban J connectivity index is 2.29. The summed E-state index contributed by atoms with van der Waals surface area (Å²) in [6.45, 7) is 2.25. The maximum absolute atomic E-state index is 9.72. The van der Waals surface area contributed by atoms with Crippen LogP contribution in [-0.4, -0.2) is 36.8 Å². The van der Waals surface area contributed by atoms with Gasteiger partial charge < -0.3 is 10.0 Å². The summed E-state index contributed by atoms with van der Waals surface area (Å²) in [5, 5.41) is 10.5. The van der Waals surface area contributed by atoms with Crippen molar-refractivity contribution < 1.29 is 5.11 Å². The van der Waals surface area contributed by atoms with Gasteiger partial charge >= 0.3 is 0 Å². The molecule has 2 nitrogen and oxygen atoms in total. The van der Waals surface area contributed by atoms with Gasteiger partial charge in [0.15, 0.2) is 0 Å². The third-order valence-corrected chi connectivity index (χ3v) is 3.78. The number of rotatable bonds is 2. The molecule has 1 aliphatic heterocycles. The van der Waals surface area contributed by atoms with Gasteiger partial charge in [0, 0.05) is 17.0 Å². The molecule has 3 heteroatoms. The highest BCUT2D eigenvalue weighted by atomic mass is 35.5. The van der Waals surface area contributed by atoms with E-state index in [4.69, 9.17) is 11.6 Å². The number of benzene rings is 1. The summed E-state index contributed by atoms with van der Waals surface area (Å²) in [6.07, 6.45) is 2.19. The highest BCUT2D eigenvalue weighted by molar-refractivity contribution is 6.30. The minimum Gasteiger partial charge on any atom is -0.395 e. The molecule has 2 rings (SSSR count). The topological polar surface area (TPSA) is 23.5 Å². The van der Waals surface area contributed by atoms with Crippen LogP contribution in [0.25, 0.3) is 0 Å². The summed E-state index contributed by atoms with van der Waals surface area (Å²) in [5.41, 5.74) is 1.10. The maximum atomic E-state index is 9.72. The first-order chi connectivity index (χ1) is 7.66. The van der Waals surface area contributed by atoms with Crippen LogP contribution in [0.4, 0.5) is 0 Å². The smallest absolute Gasteiger partial charge is 0.0540 e. The Kier molecular flexibility index (Phi) is 3.53. The number of likely N-dealkylation sites (tertiary alicyclic amines) is 1. The third kappa shape index (κ3) is 2.24. The number of hydrogen-bond donors (Lipinski definition) is 1. The summed E-state index contributed by atoms with van der Waals surface area (Å²) < 4.78 is 0. The van der Waals surface area contributed by atoms with E-state index in [-0.39, 0.29) is 12.0 Å². The van der Waals surface area contributed by atoms with Crippen molar-refractivity contribution in [2.45, 2.75) is 18.3 Å². The van der Waals surface area contributed by atoms with Crippen molar-refractivity contribution in [2.75, 3.05) is 26.7 Å². The van der Waals surface area contributed by atoms with E-state index in [1.165, 1.54) is 5.56 Å². The Bertz CT molecular complexity index is 351. The molecule has 1 aliphatic rings. The van der Waals surface area contributed by atoms with Gasteiger partial charge in [-0.3, -0.25) is 0 Å². The van der Waals surface area contributed by atoms with Gasteiger partial charge in [-0.2, -0.15) is 0 Å². The van der Waals surface area contributed by atoms with E-state index in [0.29, 0.717) is 0 Å². The van der Waals surface area contributed by atoms with Crippen LogP contribution < -0.4 is 0 Å². The molecule has 1 fully saturated rings. The highest BCUT2D eigenvalue weighted by Crippen LogP contribution is 2.33. The van der Waals surface area contributed by atoms with Crippen molar-refractivity contribution in [3.05, 3.63) is 34.9 Å². The molecule has 1 atom stereocenters. The number of aliphatic hydroxyl groups is 1. The van der Waals surface area contributed by atoms with E-state index in [0.717, 1.165) is 31.0 Å². The van der Waals surface area contributed by atoms with Gasteiger partial charge in [0.05, 0.1) is 6.61 Å². The lowest BCUT2D eigenvalue weighted by Gasteiger charge is -2.40. The van der Waals surface area contributed by atoms with Crippen LogP contribution in [0.5, 0.6) is 0 Å². The molecule has 1 unspecified atom stereocenters. The first-order valence-corrected chi connectivity index (χ1v) is 6.09. The molecule has 88 valence electrons. The lowest BCUT2D eigenvalue weighted by Crippen LogP contribution is -2.46. The molecule has 0 bridgehead atoms. The molecule has 0 aromatic heterocycles. The Labute approximate surface area is 102 Å². The number of nitrogens with zero attached hydrogens (tertiary/aromatic N) is 1. The lowest BCUT2D eigenvalue weighted by atomic mass is 9.75. The molecule has 1 aromatic rings. The van der Waals surface area contributed by atoms with Crippen LogP contribution in [-0.2, 0) is 5.41 Å². The van der Waals surface area contributed by atoms with Gasteiger partial charge in [0.1, 0.15) is 0 Å². The fraction of sp³-hybridized carbons (Fsp3) is 0.538. The van der Waals surface area contributed by atoms with Crippen LogP contribution >= 0.6 is 11.6 Å². The molecule has 0 aliphatic carbocycles. The predicted octanol–water partition coefficient (Wildman–Crippen LogP) is 2.30. The Morgan fingerprint density at radius 2 is 2.06 bits per heavy atom. The van der Waals surface area contributed by atoms with Crippen LogP contribution in [0.15, 0.2) is 24.3 Å². The summed E-state index contributed by atoms with van der Waals surface area (Å²) in [6, 6.07) is 7.89. The molecule has 0 spiro atoms. The zero-order valence-electron chi connectivity index (χ0n) is 9.62. The van der Waals surface area contributed by atoms with E-state index in [1.807, 2.05) is 24.3 Å². The third-order valence-electron chi connectivity index (χ3n) is 3.53. The highest BCUT2D eigenvalue weighted by Gasteiger charge is 2.35. The molecule has 1 aromatic carbocycles. The number of aliphatic hydroxyl groups excluding tert-OH is 1. The quantitative estimate of drug-likeness (QED) is 0.856. The summed E-state index contributed by atoms with van der Waals surface area (Å²) in [7, 11) is 2.11. The molecule has 1 N–H and O–H groups in total. The predicted molar refractivity (Wildman–Crippen MR) is 66.9 cm³/mol. The van der Waals surface area contributed by atoms with E-state index in [9.17, 15) is 5.11 Å². The van der Waals surface area contributed by atoms with Crippen LogP contribution in [0.2, 0.25) is 5.02 Å². The van der Waals surface area contributed by atoms with Crippen LogP contribution in [0, 0.1) is 0 Å². The van der Waals surface area contributed by atoms with Crippen molar-refractivity contribution in [3.63, 3.8) is 0 Å². The second kappa shape index (κ2) is 4.74. The fourth-order valence-corrected chi connectivity index (χ4v) is 2.75. The first kappa shape index (κ1) is 11.9. The molecule has 16 heavy (non-hydrogen) atoms. The second-order valence-electron chi connectivity index (χ2n) is 4.79. The van der Waals surface area contributed by atoms with E-state index >= 15 is 0 Å². The standard InChI is InChI=1S/C13H18ClNO/c1-15-8-2-7-13(9-15,10-16)11-3-5-12(14)6-4-11/h3-6,16H,2,7-10H2,1H3. The number of piperidine rings is 1. The number of hydrogen-bond acceptors (Lipinski definition) is 2. The zero-order chi connectivity index (χ0) is 11.6. The fourth-order valence-electron chi connectivity index (χ4n) is 2.62. The van der Waals surface area contributed by atoms with Gasteiger partial charge in [-0.05, 0) is 44.1 Å². The molecular weight excluding hydrogens is 222 g/mol. The molecule has 0 radical (unpaired) electrons. The Morgan fingerprint density at radius 1 is 1.38 bits per heavy atom. The zero-order valence-corrected chi connectivity index (χ0v) is 10.4. The van der Waals surface area contributed by atoms with Gasteiger partial charge in [0.2, 0.25) is 0 Å². The summed E-state index contributed by atoms with van der Waals surface area (Å²) >= 11 is 5.89. The monoisotopic (exact) mass is 239 g/mol. The summed E-state index contributed by atoms with van der Waals surface area (Å²) in [5.74, 6) is 0. The molecular formula is C13H18ClNO. The Hall–Kier alpha value is -0.570. The van der Waals surface area contributed by atoms with E-state index < -0.39 is 0 Å². The van der Waals surface area contributed by atoms with Crippen molar-refractivity contribution in [2.24, 2.45) is 0 Å². The van der Waals surface area contributed by atoms with Gasteiger partial charge in [-0.1, -0.05) is 23.7 Å². The normalized spacial score (nSPS) is 26.9. The number of halogens is 1. The average Bonchev–Trinajstić information content (AvgIpc) is 2.29. The van der Waals surface area contributed by atoms with Crippen molar-refractivity contribution in [3.8, 4) is 0 Å². The molecule has 1 saturated heterocycles. The van der Waals surface area contributed by atoms with Gasteiger partial charge in [0.25, 0.3) is 0 Å². The maximum Gasteiger partial charge on any atom is 0.0540 e. The van der Waals surface area contributed by atoms with Gasteiger partial charge in [-0.25, -0.2) is 0 Å². The van der Waals surface area contributed by atoms with Crippen molar-refractivity contribution in [1.82, 2.24) is 4.90 Å². The summed E-state index contributed by atoms with van der Waals surface area (Å²) in [4.78, 5) is 2.29. The van der Waals surface area contributed by atoms with Crippen molar-refractivity contribution >= 4 is 11.6 Å². The second-order valence-corrected chi connectivity index (χ2v) is 5.22. The van der Waals surface area contributed by atoms with Gasteiger partial charge in [-0.15, -0.1) is 0 Å². The number of likely N-dealkylation sites (N-methyl/N-ethyl adjacent to an activating group) is 1. The van der Waals surface area contributed by atoms with E-state index in [1.54, 1.807) is 0 Å². The first-order valence-electron chi connectivity index (χ1n) is 5.72. The van der Waals surface area contributed by atoms with E-state index in [2.05, 4.69) is 11.9 Å². The largest absolute Gasteiger partial charge is 0.395 e. The molecule has 0 saturated carbocycles. The average molecular weight is 240 g/mol. The minimum atomic E-state index is -0.0996. The SMILES string of the molecule is CN1CCCC(CO)(c2ccc(Cl)cc2)C1. The molecule has 0 amide bonds. The van der Waals surface area contributed by atoms with Crippen LogP contribution in [0.1, 0.15) is 18.4 Å². The lowest BCUT2D eigenvalue weighted by molar-refractivity contribution is 0.105. The van der Waals surface area contributed by atoms with Crippen molar-refractivity contribution in [1.29, 1.82) is 0 Å².